The molecule has 0 amide bonds. The number of sulfonamides is 1. The zero-order chi connectivity index (χ0) is 21.0. The average Bonchev–Trinajstić information content (AvgIpc) is 3.17. The number of nitrogens with zero attached hydrogens (tertiary/aromatic N) is 3. The van der Waals surface area contributed by atoms with Gasteiger partial charge in [0.1, 0.15) is 0 Å². The molecular weight excluding hydrogens is 386 g/mol. The van der Waals surface area contributed by atoms with Crippen molar-refractivity contribution in [3.63, 3.8) is 0 Å². The lowest BCUT2D eigenvalue weighted by molar-refractivity contribution is 0.315. The number of aromatic nitrogens is 2. The second kappa shape index (κ2) is 8.88. The van der Waals surface area contributed by atoms with Gasteiger partial charge in [-0.3, -0.25) is 0 Å². The minimum absolute atomic E-state index is 0.0426. The third kappa shape index (κ3) is 4.92. The molecule has 0 unspecified atom stereocenters. The van der Waals surface area contributed by atoms with E-state index in [0.717, 1.165) is 16.7 Å². The van der Waals surface area contributed by atoms with Crippen LogP contribution in [0.4, 0.5) is 0 Å². The van der Waals surface area contributed by atoms with Crippen LogP contribution in [0.5, 0.6) is 0 Å². The molecule has 1 heterocycles. The van der Waals surface area contributed by atoms with Crippen LogP contribution in [0.25, 0.3) is 11.4 Å². The summed E-state index contributed by atoms with van der Waals surface area (Å²) >= 11 is 0. The zero-order valence-corrected chi connectivity index (χ0v) is 18.1. The van der Waals surface area contributed by atoms with Crippen molar-refractivity contribution < 1.29 is 12.9 Å². The maximum atomic E-state index is 13.2. The van der Waals surface area contributed by atoms with E-state index in [1.165, 1.54) is 4.31 Å². The van der Waals surface area contributed by atoms with Gasteiger partial charge in [0, 0.05) is 12.1 Å². The van der Waals surface area contributed by atoms with E-state index in [4.69, 9.17) is 4.52 Å². The standard InChI is InChI=1S/C22H27N3O3S/c1-5-14-25(29(26,27)20-12-10-18(11-13-20)16(2)3)15-21-23-22(24-28-21)19-8-6-17(4)7-9-19/h6-13,16H,5,14-15H2,1-4H3. The van der Waals surface area contributed by atoms with E-state index < -0.39 is 10.0 Å². The molecule has 0 saturated carbocycles. The highest BCUT2D eigenvalue weighted by atomic mass is 32.2. The van der Waals surface area contributed by atoms with Gasteiger partial charge in [-0.1, -0.05) is 67.9 Å². The van der Waals surface area contributed by atoms with Gasteiger partial charge >= 0.3 is 0 Å². The molecule has 0 bridgehead atoms. The van der Waals surface area contributed by atoms with Gasteiger partial charge in [0.05, 0.1) is 11.4 Å². The van der Waals surface area contributed by atoms with Crippen LogP contribution in [-0.2, 0) is 16.6 Å². The van der Waals surface area contributed by atoms with Crippen LogP contribution >= 0.6 is 0 Å². The largest absolute Gasteiger partial charge is 0.338 e. The smallest absolute Gasteiger partial charge is 0.243 e. The summed E-state index contributed by atoms with van der Waals surface area (Å²) in [6, 6.07) is 14.8. The Kier molecular flexibility index (Phi) is 6.49. The molecule has 7 heteroatoms. The molecule has 29 heavy (non-hydrogen) atoms. The number of benzene rings is 2. The second-order valence-corrected chi connectivity index (χ2v) is 9.38. The summed E-state index contributed by atoms with van der Waals surface area (Å²) in [6.07, 6.45) is 0.683. The highest BCUT2D eigenvalue weighted by Crippen LogP contribution is 2.23. The van der Waals surface area contributed by atoms with Crippen molar-refractivity contribution in [3.05, 3.63) is 65.5 Å². The molecule has 0 radical (unpaired) electrons. The number of hydrogen-bond donors (Lipinski definition) is 0. The van der Waals surface area contributed by atoms with E-state index in [1.54, 1.807) is 12.1 Å². The second-order valence-electron chi connectivity index (χ2n) is 7.44. The van der Waals surface area contributed by atoms with Crippen LogP contribution in [0, 0.1) is 6.92 Å². The van der Waals surface area contributed by atoms with Crippen LogP contribution in [0.15, 0.2) is 57.9 Å². The van der Waals surface area contributed by atoms with Crippen LogP contribution < -0.4 is 0 Å². The Bertz CT molecular complexity index is 1040. The monoisotopic (exact) mass is 413 g/mol. The fraction of sp³-hybridized carbons (Fsp3) is 0.364. The molecule has 0 atom stereocenters. The normalized spacial score (nSPS) is 12.1. The summed E-state index contributed by atoms with van der Waals surface area (Å²) in [4.78, 5) is 4.66. The van der Waals surface area contributed by atoms with E-state index in [-0.39, 0.29) is 17.3 Å². The van der Waals surface area contributed by atoms with E-state index >= 15 is 0 Å². The molecule has 0 N–H and O–H groups in total. The van der Waals surface area contributed by atoms with Gasteiger partial charge in [0.15, 0.2) is 0 Å². The third-order valence-corrected chi connectivity index (χ3v) is 6.61. The summed E-state index contributed by atoms with van der Waals surface area (Å²) in [5, 5.41) is 4.01. The Hall–Kier alpha value is -2.51. The molecule has 2 aromatic carbocycles. The van der Waals surface area contributed by atoms with Crippen molar-refractivity contribution in [2.45, 2.75) is 51.5 Å². The molecule has 3 aromatic rings. The van der Waals surface area contributed by atoms with Crippen molar-refractivity contribution in [1.82, 2.24) is 14.4 Å². The first-order chi connectivity index (χ1) is 13.8. The quantitative estimate of drug-likeness (QED) is 0.532. The highest BCUT2D eigenvalue weighted by Gasteiger charge is 2.26. The molecule has 0 spiro atoms. The Labute approximate surface area is 172 Å². The molecule has 1 aromatic heterocycles. The molecule has 0 aliphatic heterocycles. The maximum Gasteiger partial charge on any atom is 0.243 e. The van der Waals surface area contributed by atoms with Crippen molar-refractivity contribution >= 4 is 10.0 Å². The van der Waals surface area contributed by atoms with Crippen molar-refractivity contribution in [1.29, 1.82) is 0 Å². The summed E-state index contributed by atoms with van der Waals surface area (Å²) in [5.41, 5.74) is 3.08. The topological polar surface area (TPSA) is 76.3 Å². The summed E-state index contributed by atoms with van der Waals surface area (Å²) < 4.78 is 33.0. The predicted molar refractivity (Wildman–Crippen MR) is 113 cm³/mol. The zero-order valence-electron chi connectivity index (χ0n) is 17.3. The first-order valence-electron chi connectivity index (χ1n) is 9.81. The van der Waals surface area contributed by atoms with Crippen LogP contribution in [-0.4, -0.2) is 29.4 Å². The molecule has 0 saturated heterocycles. The third-order valence-electron chi connectivity index (χ3n) is 4.75. The van der Waals surface area contributed by atoms with Gasteiger partial charge in [-0.05, 0) is 37.0 Å². The SMILES string of the molecule is CCCN(Cc1nc(-c2ccc(C)cc2)no1)S(=O)(=O)c1ccc(C(C)C)cc1. The van der Waals surface area contributed by atoms with Gasteiger partial charge < -0.3 is 4.52 Å². The number of rotatable bonds is 8. The Balaban J connectivity index is 1.83. The fourth-order valence-corrected chi connectivity index (χ4v) is 4.48. The Morgan fingerprint density at radius 1 is 1.03 bits per heavy atom. The fourth-order valence-electron chi connectivity index (χ4n) is 3.00. The van der Waals surface area contributed by atoms with Gasteiger partial charge in [-0.15, -0.1) is 0 Å². The molecule has 6 nitrogen and oxygen atoms in total. The van der Waals surface area contributed by atoms with Crippen LogP contribution in [0.1, 0.15) is 50.1 Å². The molecular formula is C22H27N3O3S. The van der Waals surface area contributed by atoms with E-state index in [9.17, 15) is 8.42 Å². The van der Waals surface area contributed by atoms with Crippen LogP contribution in [0.3, 0.4) is 0 Å². The van der Waals surface area contributed by atoms with Crippen molar-refractivity contribution in [2.24, 2.45) is 0 Å². The molecule has 154 valence electrons. The minimum atomic E-state index is -3.66. The molecule has 0 aliphatic carbocycles. The first-order valence-corrected chi connectivity index (χ1v) is 11.2. The lowest BCUT2D eigenvalue weighted by atomic mass is 10.0. The van der Waals surface area contributed by atoms with Gasteiger partial charge in [-0.25, -0.2) is 8.42 Å². The van der Waals surface area contributed by atoms with Crippen LogP contribution in [0.2, 0.25) is 0 Å². The number of hydrogen-bond acceptors (Lipinski definition) is 5. The predicted octanol–water partition coefficient (Wildman–Crippen LogP) is 4.77. The van der Waals surface area contributed by atoms with E-state index in [1.807, 2.05) is 50.2 Å². The molecule has 3 rings (SSSR count). The van der Waals surface area contributed by atoms with E-state index in [2.05, 4.69) is 24.0 Å². The lowest BCUT2D eigenvalue weighted by Crippen LogP contribution is -2.31. The highest BCUT2D eigenvalue weighted by molar-refractivity contribution is 7.89. The maximum absolute atomic E-state index is 13.2. The Morgan fingerprint density at radius 2 is 1.69 bits per heavy atom. The Morgan fingerprint density at radius 3 is 2.28 bits per heavy atom. The van der Waals surface area contributed by atoms with Gasteiger partial charge in [-0.2, -0.15) is 9.29 Å². The van der Waals surface area contributed by atoms with Crippen molar-refractivity contribution in [3.8, 4) is 11.4 Å². The summed E-state index contributed by atoms with van der Waals surface area (Å²) in [6.45, 7) is 8.52. The van der Waals surface area contributed by atoms with Crippen molar-refractivity contribution in [2.75, 3.05) is 6.54 Å². The molecule has 0 fully saturated rings. The molecule has 0 aliphatic rings. The first kappa shape index (κ1) is 21.2. The number of aryl methyl sites for hydroxylation is 1. The summed E-state index contributed by atoms with van der Waals surface area (Å²) in [5.74, 6) is 1.07. The van der Waals surface area contributed by atoms with Gasteiger partial charge in [0.25, 0.3) is 0 Å². The van der Waals surface area contributed by atoms with Gasteiger partial charge in [0.2, 0.25) is 21.7 Å². The summed E-state index contributed by atoms with van der Waals surface area (Å²) in [7, 11) is -3.66. The lowest BCUT2D eigenvalue weighted by Gasteiger charge is -2.20. The average molecular weight is 414 g/mol. The minimum Gasteiger partial charge on any atom is -0.338 e. The van der Waals surface area contributed by atoms with E-state index in [0.29, 0.717) is 24.7 Å².